The highest BCUT2D eigenvalue weighted by molar-refractivity contribution is 9.10. The molecule has 7 nitrogen and oxygen atoms in total. The van der Waals surface area contributed by atoms with Crippen molar-refractivity contribution in [2.24, 2.45) is 0 Å². The Morgan fingerprint density at radius 2 is 2.11 bits per heavy atom. The summed E-state index contributed by atoms with van der Waals surface area (Å²) < 4.78 is 25.3. The van der Waals surface area contributed by atoms with Crippen LogP contribution in [0.3, 0.4) is 0 Å². The van der Waals surface area contributed by atoms with Gasteiger partial charge < -0.3 is 5.32 Å². The summed E-state index contributed by atoms with van der Waals surface area (Å²) in [6.45, 7) is 0.446. The number of nitro groups is 1. The number of benzene rings is 1. The topological polar surface area (TPSA) is 101 Å². The first kappa shape index (κ1) is 16.0. The molecule has 9 heteroatoms. The average molecular weight is 352 g/mol. The summed E-state index contributed by atoms with van der Waals surface area (Å²) in [6, 6.07) is 4.64. The van der Waals surface area contributed by atoms with Crippen molar-refractivity contribution in [2.75, 3.05) is 19.3 Å². The molecule has 1 rings (SSSR count). The van der Waals surface area contributed by atoms with Crippen LogP contribution < -0.4 is 10.0 Å². The Bertz CT molecular complexity index is 562. The molecular formula is C10H14BrN3O4S. The quantitative estimate of drug-likeness (QED) is 0.433. The van der Waals surface area contributed by atoms with E-state index in [1.54, 1.807) is 12.1 Å². The molecule has 0 spiro atoms. The zero-order valence-corrected chi connectivity index (χ0v) is 12.6. The van der Waals surface area contributed by atoms with Crippen molar-refractivity contribution >= 4 is 31.6 Å². The second-order valence-corrected chi connectivity index (χ2v) is 6.69. The van der Waals surface area contributed by atoms with Crippen molar-refractivity contribution in [3.8, 4) is 0 Å². The standard InChI is InChI=1S/C10H14BrN3O4S/c1-12-19(17,18)5-4-13-7-8-6-9(11)2-3-10(8)14(15)16/h2-3,6,12-13H,4-5,7H2,1H3. The van der Waals surface area contributed by atoms with Gasteiger partial charge in [-0.15, -0.1) is 0 Å². The minimum absolute atomic E-state index is 0.00664. The molecule has 0 heterocycles. The first-order valence-electron chi connectivity index (χ1n) is 5.40. The molecule has 0 saturated carbocycles. The largest absolute Gasteiger partial charge is 0.311 e. The molecule has 0 aromatic heterocycles. The van der Waals surface area contributed by atoms with Crippen LogP contribution in [0.2, 0.25) is 0 Å². The van der Waals surface area contributed by atoms with Gasteiger partial charge in [-0.1, -0.05) is 15.9 Å². The van der Waals surface area contributed by atoms with Gasteiger partial charge in [-0.3, -0.25) is 10.1 Å². The first-order chi connectivity index (χ1) is 8.85. The van der Waals surface area contributed by atoms with Gasteiger partial charge in [0.1, 0.15) is 0 Å². The number of sulfonamides is 1. The Morgan fingerprint density at radius 3 is 2.68 bits per heavy atom. The van der Waals surface area contributed by atoms with E-state index in [9.17, 15) is 18.5 Å². The lowest BCUT2D eigenvalue weighted by Gasteiger charge is -2.06. The van der Waals surface area contributed by atoms with Gasteiger partial charge in [-0.05, 0) is 19.2 Å². The van der Waals surface area contributed by atoms with Crippen LogP contribution in [0.15, 0.2) is 22.7 Å². The van der Waals surface area contributed by atoms with E-state index >= 15 is 0 Å². The highest BCUT2D eigenvalue weighted by atomic mass is 79.9. The SMILES string of the molecule is CNS(=O)(=O)CCNCc1cc(Br)ccc1[N+](=O)[O-]. The second kappa shape index (κ2) is 6.94. The van der Waals surface area contributed by atoms with E-state index in [1.807, 2.05) is 0 Å². The van der Waals surface area contributed by atoms with Gasteiger partial charge in [0.25, 0.3) is 5.69 Å². The number of halogens is 1. The molecule has 1 aromatic rings. The molecule has 0 aliphatic carbocycles. The molecule has 19 heavy (non-hydrogen) atoms. The summed E-state index contributed by atoms with van der Waals surface area (Å²) in [4.78, 5) is 10.4. The van der Waals surface area contributed by atoms with E-state index in [1.165, 1.54) is 13.1 Å². The Hall–Kier alpha value is -1.03. The zero-order valence-electron chi connectivity index (χ0n) is 10.2. The van der Waals surface area contributed by atoms with E-state index in [-0.39, 0.29) is 24.5 Å². The van der Waals surface area contributed by atoms with E-state index in [4.69, 9.17) is 0 Å². The Labute approximate surface area is 119 Å². The molecule has 0 radical (unpaired) electrons. The van der Waals surface area contributed by atoms with Crippen LogP contribution in [-0.2, 0) is 16.6 Å². The predicted molar refractivity (Wildman–Crippen MR) is 75.3 cm³/mol. The fraction of sp³-hybridized carbons (Fsp3) is 0.400. The van der Waals surface area contributed by atoms with Crippen LogP contribution in [-0.4, -0.2) is 32.7 Å². The van der Waals surface area contributed by atoms with Gasteiger partial charge in [-0.2, -0.15) is 0 Å². The van der Waals surface area contributed by atoms with Crippen molar-refractivity contribution in [3.63, 3.8) is 0 Å². The number of hydrogen-bond donors (Lipinski definition) is 2. The third-order valence-electron chi connectivity index (χ3n) is 2.41. The normalized spacial score (nSPS) is 11.5. The van der Waals surface area contributed by atoms with E-state index < -0.39 is 14.9 Å². The summed E-state index contributed by atoms with van der Waals surface area (Å²) in [5, 5.41) is 13.7. The molecule has 0 aliphatic heterocycles. The molecule has 0 bridgehead atoms. The maximum atomic E-state index is 11.2. The Balaban J connectivity index is 2.63. The van der Waals surface area contributed by atoms with E-state index in [0.29, 0.717) is 5.56 Å². The molecule has 0 atom stereocenters. The Kier molecular flexibility index (Phi) is 5.85. The van der Waals surface area contributed by atoms with Gasteiger partial charge in [0.2, 0.25) is 10.0 Å². The summed E-state index contributed by atoms with van der Waals surface area (Å²) in [7, 11) is -1.92. The van der Waals surface area contributed by atoms with Gasteiger partial charge in [0, 0.05) is 29.2 Å². The average Bonchev–Trinajstić information content (AvgIpc) is 2.34. The number of nitro benzene ring substituents is 1. The van der Waals surface area contributed by atoms with Crippen LogP contribution in [0.5, 0.6) is 0 Å². The highest BCUT2D eigenvalue weighted by Crippen LogP contribution is 2.22. The van der Waals surface area contributed by atoms with Crippen LogP contribution in [0.25, 0.3) is 0 Å². The van der Waals surface area contributed by atoms with Gasteiger partial charge in [-0.25, -0.2) is 13.1 Å². The number of nitrogens with one attached hydrogen (secondary N) is 2. The van der Waals surface area contributed by atoms with Gasteiger partial charge in [0.15, 0.2) is 0 Å². The predicted octanol–water partition coefficient (Wildman–Crippen LogP) is 0.996. The van der Waals surface area contributed by atoms with Gasteiger partial charge >= 0.3 is 0 Å². The maximum absolute atomic E-state index is 11.2. The van der Waals surface area contributed by atoms with Crippen molar-refractivity contribution in [2.45, 2.75) is 6.54 Å². The van der Waals surface area contributed by atoms with Crippen molar-refractivity contribution in [3.05, 3.63) is 38.3 Å². The minimum Gasteiger partial charge on any atom is -0.311 e. The molecular weight excluding hydrogens is 338 g/mol. The number of rotatable bonds is 7. The summed E-state index contributed by atoms with van der Waals surface area (Å²) in [6.07, 6.45) is 0. The molecule has 0 unspecified atom stereocenters. The lowest BCUT2D eigenvalue weighted by molar-refractivity contribution is -0.385. The molecule has 0 aliphatic rings. The lowest BCUT2D eigenvalue weighted by atomic mass is 10.2. The fourth-order valence-corrected chi connectivity index (χ4v) is 2.43. The molecule has 0 saturated heterocycles. The summed E-state index contributed by atoms with van der Waals surface area (Å²) >= 11 is 3.24. The van der Waals surface area contributed by atoms with E-state index in [2.05, 4.69) is 26.0 Å². The monoisotopic (exact) mass is 351 g/mol. The van der Waals surface area contributed by atoms with Crippen molar-refractivity contribution in [1.82, 2.24) is 10.0 Å². The van der Waals surface area contributed by atoms with E-state index in [0.717, 1.165) is 4.47 Å². The fourth-order valence-electron chi connectivity index (χ4n) is 1.41. The van der Waals surface area contributed by atoms with Crippen molar-refractivity contribution < 1.29 is 13.3 Å². The molecule has 0 amide bonds. The minimum atomic E-state index is -3.26. The molecule has 2 N–H and O–H groups in total. The number of nitrogens with zero attached hydrogens (tertiary/aromatic N) is 1. The third-order valence-corrected chi connectivity index (χ3v) is 4.27. The number of hydrogen-bond acceptors (Lipinski definition) is 5. The first-order valence-corrected chi connectivity index (χ1v) is 7.85. The lowest BCUT2D eigenvalue weighted by Crippen LogP contribution is -2.29. The molecule has 1 aromatic carbocycles. The van der Waals surface area contributed by atoms with Crippen LogP contribution in [0.1, 0.15) is 5.56 Å². The zero-order chi connectivity index (χ0) is 14.5. The van der Waals surface area contributed by atoms with Crippen LogP contribution >= 0.6 is 15.9 Å². The summed E-state index contributed by atoms with van der Waals surface area (Å²) in [5.74, 6) is -0.0781. The maximum Gasteiger partial charge on any atom is 0.273 e. The van der Waals surface area contributed by atoms with Crippen LogP contribution in [0.4, 0.5) is 5.69 Å². The molecule has 106 valence electrons. The Morgan fingerprint density at radius 1 is 1.42 bits per heavy atom. The highest BCUT2D eigenvalue weighted by Gasteiger charge is 2.13. The van der Waals surface area contributed by atoms with Gasteiger partial charge in [0.05, 0.1) is 10.7 Å². The second-order valence-electron chi connectivity index (χ2n) is 3.73. The summed E-state index contributed by atoms with van der Waals surface area (Å²) in [5.41, 5.74) is 0.508. The van der Waals surface area contributed by atoms with Crippen LogP contribution in [0, 0.1) is 10.1 Å². The smallest absolute Gasteiger partial charge is 0.273 e. The van der Waals surface area contributed by atoms with Crippen molar-refractivity contribution in [1.29, 1.82) is 0 Å². The third kappa shape index (κ3) is 5.23. The molecule has 0 fully saturated rings.